The van der Waals surface area contributed by atoms with Gasteiger partial charge >= 0.3 is 0 Å². The normalized spacial score (nSPS) is 17.1. The van der Waals surface area contributed by atoms with E-state index in [9.17, 15) is 9.59 Å². The predicted octanol–water partition coefficient (Wildman–Crippen LogP) is 3.01. The SMILES string of the molecule is CN1CCN(C(=O)CNC(=O)Cc2cccc3ccccc23)C(c2ccccc2)C1. The van der Waals surface area contributed by atoms with Gasteiger partial charge in [-0.15, -0.1) is 0 Å². The number of benzene rings is 3. The van der Waals surface area contributed by atoms with Crippen LogP contribution in [0.3, 0.4) is 0 Å². The van der Waals surface area contributed by atoms with Crippen LogP contribution >= 0.6 is 0 Å². The Balaban J connectivity index is 1.40. The first-order chi connectivity index (χ1) is 14.6. The molecule has 0 aromatic heterocycles. The minimum Gasteiger partial charge on any atom is -0.347 e. The van der Waals surface area contributed by atoms with Crippen molar-refractivity contribution in [3.8, 4) is 0 Å². The average molecular weight is 402 g/mol. The van der Waals surface area contributed by atoms with Crippen molar-refractivity contribution in [1.82, 2.24) is 15.1 Å². The lowest BCUT2D eigenvalue weighted by molar-refractivity contribution is -0.137. The number of hydrogen-bond donors (Lipinski definition) is 1. The summed E-state index contributed by atoms with van der Waals surface area (Å²) >= 11 is 0. The zero-order valence-corrected chi connectivity index (χ0v) is 17.3. The zero-order chi connectivity index (χ0) is 20.9. The summed E-state index contributed by atoms with van der Waals surface area (Å²) in [6, 6.07) is 24.1. The van der Waals surface area contributed by atoms with Crippen molar-refractivity contribution in [1.29, 1.82) is 0 Å². The molecule has 154 valence electrons. The van der Waals surface area contributed by atoms with E-state index >= 15 is 0 Å². The molecular formula is C25H27N3O2. The highest BCUT2D eigenvalue weighted by Crippen LogP contribution is 2.25. The molecule has 30 heavy (non-hydrogen) atoms. The van der Waals surface area contributed by atoms with E-state index in [2.05, 4.69) is 29.4 Å². The first-order valence-electron chi connectivity index (χ1n) is 10.4. The molecule has 1 unspecified atom stereocenters. The number of piperazine rings is 1. The minimum absolute atomic E-state index is 0.00687. The van der Waals surface area contributed by atoms with Crippen LogP contribution < -0.4 is 5.32 Å². The number of rotatable bonds is 5. The topological polar surface area (TPSA) is 52.6 Å². The summed E-state index contributed by atoms with van der Waals surface area (Å²) in [4.78, 5) is 29.6. The quantitative estimate of drug-likeness (QED) is 0.715. The van der Waals surface area contributed by atoms with E-state index in [0.717, 1.165) is 35.0 Å². The maximum Gasteiger partial charge on any atom is 0.242 e. The molecule has 4 rings (SSSR count). The van der Waals surface area contributed by atoms with Gasteiger partial charge in [0.05, 0.1) is 19.0 Å². The molecule has 1 atom stereocenters. The van der Waals surface area contributed by atoms with Gasteiger partial charge in [-0.05, 0) is 28.9 Å². The zero-order valence-electron chi connectivity index (χ0n) is 17.3. The van der Waals surface area contributed by atoms with Crippen LogP contribution in [-0.4, -0.2) is 54.8 Å². The summed E-state index contributed by atoms with van der Waals surface area (Å²) in [6.07, 6.45) is 0.263. The molecule has 0 bridgehead atoms. The highest BCUT2D eigenvalue weighted by Gasteiger charge is 2.30. The second kappa shape index (κ2) is 9.09. The monoisotopic (exact) mass is 401 g/mol. The van der Waals surface area contributed by atoms with Crippen molar-refractivity contribution < 1.29 is 9.59 Å². The molecular weight excluding hydrogens is 374 g/mol. The third-order valence-corrected chi connectivity index (χ3v) is 5.76. The number of carbonyl (C=O) groups is 2. The molecule has 3 aromatic carbocycles. The van der Waals surface area contributed by atoms with Gasteiger partial charge in [0.25, 0.3) is 0 Å². The van der Waals surface area contributed by atoms with E-state index in [4.69, 9.17) is 0 Å². The number of fused-ring (bicyclic) bond motifs is 1. The van der Waals surface area contributed by atoms with Crippen molar-refractivity contribution in [2.45, 2.75) is 12.5 Å². The average Bonchev–Trinajstić information content (AvgIpc) is 2.78. The van der Waals surface area contributed by atoms with Crippen LogP contribution in [0.4, 0.5) is 0 Å². The number of amides is 2. The summed E-state index contributed by atoms with van der Waals surface area (Å²) in [6.45, 7) is 2.31. The Morgan fingerprint density at radius 1 is 0.933 bits per heavy atom. The molecule has 0 radical (unpaired) electrons. The maximum atomic E-state index is 13.0. The van der Waals surface area contributed by atoms with Crippen molar-refractivity contribution in [2.75, 3.05) is 33.2 Å². The molecule has 0 aliphatic carbocycles. The molecule has 1 saturated heterocycles. The van der Waals surface area contributed by atoms with Crippen molar-refractivity contribution >= 4 is 22.6 Å². The van der Waals surface area contributed by atoms with E-state index in [0.29, 0.717) is 6.54 Å². The summed E-state index contributed by atoms with van der Waals surface area (Å²) in [7, 11) is 2.07. The van der Waals surface area contributed by atoms with Crippen LogP contribution in [0.1, 0.15) is 17.2 Å². The molecule has 0 spiro atoms. The smallest absolute Gasteiger partial charge is 0.242 e. The van der Waals surface area contributed by atoms with Crippen LogP contribution in [0, 0.1) is 0 Å². The van der Waals surface area contributed by atoms with Gasteiger partial charge in [0.1, 0.15) is 0 Å². The molecule has 3 aromatic rings. The van der Waals surface area contributed by atoms with Crippen molar-refractivity contribution in [3.63, 3.8) is 0 Å². The van der Waals surface area contributed by atoms with Crippen LogP contribution in [0.15, 0.2) is 72.8 Å². The van der Waals surface area contributed by atoms with Crippen LogP contribution in [0.2, 0.25) is 0 Å². The Bertz CT molecular complexity index is 1030. The fourth-order valence-corrected chi connectivity index (χ4v) is 4.14. The van der Waals surface area contributed by atoms with Gasteiger partial charge in [-0.1, -0.05) is 72.8 Å². The van der Waals surface area contributed by atoms with Gasteiger partial charge < -0.3 is 15.1 Å². The molecule has 1 N–H and O–H groups in total. The Morgan fingerprint density at radius 2 is 1.67 bits per heavy atom. The third kappa shape index (κ3) is 4.52. The molecule has 0 saturated carbocycles. The van der Waals surface area contributed by atoms with Gasteiger partial charge in [0.15, 0.2) is 0 Å². The van der Waals surface area contributed by atoms with Gasteiger partial charge in [0, 0.05) is 19.6 Å². The molecule has 1 aliphatic heterocycles. The van der Waals surface area contributed by atoms with E-state index < -0.39 is 0 Å². The molecule has 1 aliphatic rings. The first-order valence-corrected chi connectivity index (χ1v) is 10.4. The van der Waals surface area contributed by atoms with E-state index in [1.807, 2.05) is 65.6 Å². The first kappa shape index (κ1) is 20.1. The number of nitrogens with one attached hydrogen (secondary N) is 1. The molecule has 1 fully saturated rings. The summed E-state index contributed by atoms with van der Waals surface area (Å²) in [5.74, 6) is -0.173. The third-order valence-electron chi connectivity index (χ3n) is 5.76. The van der Waals surface area contributed by atoms with Gasteiger partial charge in [-0.3, -0.25) is 9.59 Å². The molecule has 5 heteroatoms. The number of nitrogens with zero attached hydrogens (tertiary/aromatic N) is 2. The van der Waals surface area contributed by atoms with Crippen molar-refractivity contribution in [3.05, 3.63) is 83.9 Å². The Morgan fingerprint density at radius 3 is 2.50 bits per heavy atom. The minimum atomic E-state index is -0.134. The van der Waals surface area contributed by atoms with E-state index in [1.165, 1.54) is 0 Å². The van der Waals surface area contributed by atoms with Gasteiger partial charge in [-0.2, -0.15) is 0 Å². The van der Waals surface area contributed by atoms with Crippen LogP contribution in [0.25, 0.3) is 10.8 Å². The molecule has 5 nitrogen and oxygen atoms in total. The lowest BCUT2D eigenvalue weighted by Gasteiger charge is -2.40. The van der Waals surface area contributed by atoms with Crippen LogP contribution in [-0.2, 0) is 16.0 Å². The summed E-state index contributed by atoms with van der Waals surface area (Å²) in [5, 5.41) is 5.02. The number of hydrogen-bond acceptors (Lipinski definition) is 3. The van der Waals surface area contributed by atoms with Gasteiger partial charge in [-0.25, -0.2) is 0 Å². The van der Waals surface area contributed by atoms with Crippen LogP contribution in [0.5, 0.6) is 0 Å². The highest BCUT2D eigenvalue weighted by molar-refractivity contribution is 5.91. The van der Waals surface area contributed by atoms with Gasteiger partial charge in [0.2, 0.25) is 11.8 Å². The summed E-state index contributed by atoms with van der Waals surface area (Å²) in [5.41, 5.74) is 2.10. The Kier molecular flexibility index (Phi) is 6.10. The largest absolute Gasteiger partial charge is 0.347 e. The second-order valence-electron chi connectivity index (χ2n) is 7.87. The Hall–Kier alpha value is -3.18. The highest BCUT2D eigenvalue weighted by atomic mass is 16.2. The lowest BCUT2D eigenvalue weighted by Crippen LogP contribution is -2.51. The van der Waals surface area contributed by atoms with E-state index in [-0.39, 0.29) is 30.8 Å². The predicted molar refractivity (Wildman–Crippen MR) is 119 cm³/mol. The number of likely N-dealkylation sites (N-methyl/N-ethyl adjacent to an activating group) is 1. The second-order valence-corrected chi connectivity index (χ2v) is 7.87. The summed E-state index contributed by atoms with van der Waals surface area (Å²) < 4.78 is 0. The Labute approximate surface area is 177 Å². The van der Waals surface area contributed by atoms with Crippen molar-refractivity contribution in [2.24, 2.45) is 0 Å². The van der Waals surface area contributed by atoms with E-state index in [1.54, 1.807) is 0 Å². The fraction of sp³-hybridized carbons (Fsp3) is 0.280. The standard InChI is InChI=1S/C25H27N3O2/c1-27-14-15-28(23(18-27)20-9-3-2-4-10-20)25(30)17-26-24(29)16-21-12-7-11-19-8-5-6-13-22(19)21/h2-13,23H,14-18H2,1H3,(H,26,29). The molecule has 2 amide bonds. The number of carbonyl (C=O) groups excluding carboxylic acids is 2. The molecule has 1 heterocycles. The maximum absolute atomic E-state index is 13.0. The fourth-order valence-electron chi connectivity index (χ4n) is 4.14. The lowest BCUT2D eigenvalue weighted by atomic mass is 10.0.